The van der Waals surface area contributed by atoms with Crippen molar-refractivity contribution in [3.05, 3.63) is 0 Å². The fourth-order valence-electron chi connectivity index (χ4n) is 2.39. The lowest BCUT2D eigenvalue weighted by atomic mass is 9.80. The van der Waals surface area contributed by atoms with Crippen molar-refractivity contribution in [3.63, 3.8) is 0 Å². The van der Waals surface area contributed by atoms with E-state index in [1.807, 2.05) is 0 Å². The van der Waals surface area contributed by atoms with E-state index in [-0.39, 0.29) is 5.54 Å². The highest BCUT2D eigenvalue weighted by molar-refractivity contribution is 5.64. The monoisotopic (exact) mass is 214 g/mol. The molecule has 0 unspecified atom stereocenters. The van der Waals surface area contributed by atoms with Crippen LogP contribution in [0.5, 0.6) is 0 Å². The third kappa shape index (κ3) is 3.09. The molecule has 0 aliphatic carbocycles. The normalized spacial score (nSPS) is 19.3. The van der Waals surface area contributed by atoms with E-state index in [1.165, 1.54) is 4.90 Å². The van der Waals surface area contributed by atoms with Gasteiger partial charge < -0.3 is 15.3 Å². The van der Waals surface area contributed by atoms with E-state index in [9.17, 15) is 4.79 Å². The summed E-state index contributed by atoms with van der Waals surface area (Å²) >= 11 is 0. The van der Waals surface area contributed by atoms with Crippen molar-refractivity contribution in [2.45, 2.75) is 39.2 Å². The van der Waals surface area contributed by atoms with E-state index in [0.717, 1.165) is 19.4 Å². The van der Waals surface area contributed by atoms with Gasteiger partial charge in [0.15, 0.2) is 0 Å². The Morgan fingerprint density at radius 1 is 1.47 bits per heavy atom. The van der Waals surface area contributed by atoms with Crippen LogP contribution in [-0.2, 0) is 0 Å². The first-order valence-corrected chi connectivity index (χ1v) is 5.70. The summed E-state index contributed by atoms with van der Waals surface area (Å²) in [6.07, 6.45) is 1.15. The van der Waals surface area contributed by atoms with Gasteiger partial charge in [0.1, 0.15) is 0 Å². The number of hydrogen-bond donors (Lipinski definition) is 2. The van der Waals surface area contributed by atoms with Crippen LogP contribution in [-0.4, -0.2) is 41.3 Å². The Morgan fingerprint density at radius 2 is 2.00 bits per heavy atom. The summed E-state index contributed by atoms with van der Waals surface area (Å²) in [7, 11) is 0. The van der Waals surface area contributed by atoms with Gasteiger partial charge in [-0.2, -0.15) is 0 Å². The summed E-state index contributed by atoms with van der Waals surface area (Å²) in [5.41, 5.74) is 0.124. The lowest BCUT2D eigenvalue weighted by molar-refractivity contribution is 0.103. The van der Waals surface area contributed by atoms with E-state index in [1.54, 1.807) is 0 Å². The van der Waals surface area contributed by atoms with Crippen LogP contribution in [0.25, 0.3) is 0 Å². The highest BCUT2D eigenvalue weighted by Gasteiger charge is 2.32. The van der Waals surface area contributed by atoms with Gasteiger partial charge in [0, 0.05) is 18.6 Å². The van der Waals surface area contributed by atoms with Crippen molar-refractivity contribution < 1.29 is 9.90 Å². The highest BCUT2D eigenvalue weighted by atomic mass is 16.4. The van der Waals surface area contributed by atoms with Gasteiger partial charge in [0.2, 0.25) is 0 Å². The predicted octanol–water partition coefficient (Wildman–Crippen LogP) is 1.76. The van der Waals surface area contributed by atoms with Crippen LogP contribution < -0.4 is 5.32 Å². The summed E-state index contributed by atoms with van der Waals surface area (Å²) in [6, 6.07) is 0. The molecular formula is C11H22N2O2. The third-order valence-corrected chi connectivity index (χ3v) is 3.42. The summed E-state index contributed by atoms with van der Waals surface area (Å²) in [4.78, 5) is 12.3. The molecule has 0 aromatic carbocycles. The van der Waals surface area contributed by atoms with E-state index in [0.29, 0.717) is 19.0 Å². The van der Waals surface area contributed by atoms with E-state index in [2.05, 4.69) is 26.1 Å². The first-order valence-electron chi connectivity index (χ1n) is 5.70. The van der Waals surface area contributed by atoms with Crippen LogP contribution >= 0.6 is 0 Å². The molecule has 1 aliphatic rings. The Bertz CT molecular complexity index is 221. The molecule has 2 N–H and O–H groups in total. The van der Waals surface area contributed by atoms with Gasteiger partial charge in [-0.05, 0) is 39.2 Å². The standard InChI is InChI=1S/C11H22N2O2/c1-4-12-11(2,3)9-5-7-13(8-6-9)10(14)15/h9,12H,4-8H2,1-3H3,(H,14,15). The van der Waals surface area contributed by atoms with E-state index in [4.69, 9.17) is 5.11 Å². The molecule has 0 bridgehead atoms. The van der Waals surface area contributed by atoms with Gasteiger partial charge in [-0.3, -0.25) is 0 Å². The molecule has 0 atom stereocenters. The SMILES string of the molecule is CCNC(C)(C)C1CCN(C(=O)O)CC1. The summed E-state index contributed by atoms with van der Waals surface area (Å²) < 4.78 is 0. The zero-order valence-corrected chi connectivity index (χ0v) is 9.92. The van der Waals surface area contributed by atoms with Gasteiger partial charge in [0.05, 0.1) is 0 Å². The van der Waals surface area contributed by atoms with Gasteiger partial charge in [-0.25, -0.2) is 4.79 Å². The Labute approximate surface area is 91.6 Å². The maximum absolute atomic E-state index is 10.7. The van der Waals surface area contributed by atoms with Gasteiger partial charge in [-0.1, -0.05) is 6.92 Å². The van der Waals surface area contributed by atoms with Crippen molar-refractivity contribution in [2.24, 2.45) is 5.92 Å². The molecule has 0 aromatic rings. The Hall–Kier alpha value is -0.770. The van der Waals surface area contributed by atoms with Crippen LogP contribution in [0.3, 0.4) is 0 Å². The number of piperidine rings is 1. The summed E-state index contributed by atoms with van der Waals surface area (Å²) in [5, 5.41) is 12.3. The zero-order valence-electron chi connectivity index (χ0n) is 9.92. The number of nitrogens with one attached hydrogen (secondary N) is 1. The van der Waals surface area contributed by atoms with Gasteiger partial charge >= 0.3 is 6.09 Å². The van der Waals surface area contributed by atoms with Gasteiger partial charge in [-0.15, -0.1) is 0 Å². The van der Waals surface area contributed by atoms with Crippen molar-refractivity contribution in [1.82, 2.24) is 10.2 Å². The van der Waals surface area contributed by atoms with Gasteiger partial charge in [0.25, 0.3) is 0 Å². The van der Waals surface area contributed by atoms with Crippen LogP contribution in [0.15, 0.2) is 0 Å². The molecular weight excluding hydrogens is 192 g/mol. The van der Waals surface area contributed by atoms with Crippen molar-refractivity contribution in [1.29, 1.82) is 0 Å². The molecule has 1 amide bonds. The first-order chi connectivity index (χ1) is 6.97. The Balaban J connectivity index is 2.46. The van der Waals surface area contributed by atoms with Crippen molar-refractivity contribution in [2.75, 3.05) is 19.6 Å². The molecule has 1 aliphatic heterocycles. The minimum atomic E-state index is -0.783. The molecule has 0 aromatic heterocycles. The number of amides is 1. The molecule has 88 valence electrons. The molecule has 1 fully saturated rings. The third-order valence-electron chi connectivity index (χ3n) is 3.42. The van der Waals surface area contributed by atoms with Crippen LogP contribution in [0, 0.1) is 5.92 Å². The molecule has 15 heavy (non-hydrogen) atoms. The fraction of sp³-hybridized carbons (Fsp3) is 0.909. The molecule has 0 spiro atoms. The average molecular weight is 214 g/mol. The highest BCUT2D eigenvalue weighted by Crippen LogP contribution is 2.27. The average Bonchev–Trinajstić information content (AvgIpc) is 2.18. The largest absolute Gasteiger partial charge is 0.465 e. The Kier molecular flexibility index (Phi) is 3.97. The summed E-state index contributed by atoms with van der Waals surface area (Å²) in [5.74, 6) is 0.577. The molecule has 1 heterocycles. The first kappa shape index (κ1) is 12.3. The number of rotatable bonds is 3. The second-order valence-electron chi connectivity index (χ2n) is 4.80. The quantitative estimate of drug-likeness (QED) is 0.752. The molecule has 1 saturated heterocycles. The zero-order chi connectivity index (χ0) is 11.5. The maximum Gasteiger partial charge on any atom is 0.407 e. The van der Waals surface area contributed by atoms with Crippen molar-refractivity contribution >= 4 is 6.09 Å². The minimum Gasteiger partial charge on any atom is -0.465 e. The molecule has 4 nitrogen and oxygen atoms in total. The number of carboxylic acid groups (broad SMARTS) is 1. The number of carbonyl (C=O) groups is 1. The molecule has 4 heteroatoms. The van der Waals surface area contributed by atoms with Crippen LogP contribution in [0.2, 0.25) is 0 Å². The predicted molar refractivity (Wildman–Crippen MR) is 60.1 cm³/mol. The van der Waals surface area contributed by atoms with Crippen molar-refractivity contribution in [3.8, 4) is 0 Å². The Morgan fingerprint density at radius 3 is 2.40 bits per heavy atom. The van der Waals surface area contributed by atoms with E-state index < -0.39 is 6.09 Å². The smallest absolute Gasteiger partial charge is 0.407 e. The maximum atomic E-state index is 10.7. The fourth-order valence-corrected chi connectivity index (χ4v) is 2.39. The van der Waals surface area contributed by atoms with Crippen LogP contribution in [0.4, 0.5) is 4.79 Å². The topological polar surface area (TPSA) is 52.6 Å². The number of nitrogens with zero attached hydrogens (tertiary/aromatic N) is 1. The number of hydrogen-bond acceptors (Lipinski definition) is 2. The molecule has 0 radical (unpaired) electrons. The number of likely N-dealkylation sites (tertiary alicyclic amines) is 1. The minimum absolute atomic E-state index is 0.124. The lowest BCUT2D eigenvalue weighted by Gasteiger charge is -2.40. The van der Waals surface area contributed by atoms with E-state index >= 15 is 0 Å². The second kappa shape index (κ2) is 4.84. The lowest BCUT2D eigenvalue weighted by Crippen LogP contribution is -2.50. The molecule has 1 rings (SSSR count). The molecule has 0 saturated carbocycles. The second-order valence-corrected chi connectivity index (χ2v) is 4.80. The van der Waals surface area contributed by atoms with Crippen LogP contribution in [0.1, 0.15) is 33.6 Å². The summed E-state index contributed by atoms with van der Waals surface area (Å²) in [6.45, 7) is 8.83.